The van der Waals surface area contributed by atoms with Crippen LogP contribution in [0.25, 0.3) is 11.3 Å². The number of anilines is 1. The molecule has 3 aromatic rings. The van der Waals surface area contributed by atoms with Crippen molar-refractivity contribution in [2.75, 3.05) is 5.32 Å². The SMILES string of the molecule is Cc1ccc(C)c(NC(=O)CCc2ncc(-c3ccc(C(C)C)cc3)o2)c1. The van der Waals surface area contributed by atoms with Gasteiger partial charge in [-0.2, -0.15) is 0 Å². The number of carbonyl (C=O) groups is 1. The number of carbonyl (C=O) groups excluding carboxylic acids is 1. The van der Waals surface area contributed by atoms with Crippen LogP contribution in [0.2, 0.25) is 0 Å². The van der Waals surface area contributed by atoms with Crippen LogP contribution in [-0.2, 0) is 11.2 Å². The molecule has 1 amide bonds. The molecule has 27 heavy (non-hydrogen) atoms. The lowest BCUT2D eigenvalue weighted by Gasteiger charge is -2.08. The number of nitrogens with zero attached hydrogens (tertiary/aromatic N) is 1. The summed E-state index contributed by atoms with van der Waals surface area (Å²) in [6, 6.07) is 14.3. The number of nitrogens with one attached hydrogen (secondary N) is 1. The van der Waals surface area contributed by atoms with Crippen molar-refractivity contribution in [2.24, 2.45) is 0 Å². The highest BCUT2D eigenvalue weighted by Crippen LogP contribution is 2.24. The normalized spacial score (nSPS) is 11.0. The van der Waals surface area contributed by atoms with E-state index in [4.69, 9.17) is 4.42 Å². The lowest BCUT2D eigenvalue weighted by molar-refractivity contribution is -0.116. The van der Waals surface area contributed by atoms with Crippen LogP contribution >= 0.6 is 0 Å². The van der Waals surface area contributed by atoms with E-state index in [0.717, 1.165) is 28.1 Å². The Balaban J connectivity index is 1.59. The molecule has 140 valence electrons. The lowest BCUT2D eigenvalue weighted by Crippen LogP contribution is -2.13. The van der Waals surface area contributed by atoms with Crippen molar-refractivity contribution >= 4 is 11.6 Å². The molecule has 0 aliphatic carbocycles. The van der Waals surface area contributed by atoms with E-state index in [1.807, 2.05) is 44.2 Å². The third-order valence-electron chi connectivity index (χ3n) is 4.65. The summed E-state index contributed by atoms with van der Waals surface area (Å²) in [5, 5.41) is 2.97. The molecule has 1 aromatic heterocycles. The van der Waals surface area contributed by atoms with Gasteiger partial charge in [-0.25, -0.2) is 4.98 Å². The molecule has 4 heteroatoms. The zero-order valence-corrected chi connectivity index (χ0v) is 16.4. The Morgan fingerprint density at radius 1 is 1.11 bits per heavy atom. The molecule has 0 bridgehead atoms. The van der Waals surface area contributed by atoms with Crippen LogP contribution in [0.1, 0.15) is 48.8 Å². The number of hydrogen-bond donors (Lipinski definition) is 1. The predicted molar refractivity (Wildman–Crippen MR) is 109 cm³/mol. The molecule has 0 aliphatic heterocycles. The fraction of sp³-hybridized carbons (Fsp3) is 0.304. The van der Waals surface area contributed by atoms with Crippen molar-refractivity contribution in [3.8, 4) is 11.3 Å². The molecule has 4 nitrogen and oxygen atoms in total. The Bertz CT molecular complexity index is 924. The van der Waals surface area contributed by atoms with E-state index >= 15 is 0 Å². The van der Waals surface area contributed by atoms with Gasteiger partial charge in [0.25, 0.3) is 0 Å². The van der Waals surface area contributed by atoms with E-state index in [0.29, 0.717) is 24.7 Å². The summed E-state index contributed by atoms with van der Waals surface area (Å²) in [5.41, 5.74) is 5.33. The van der Waals surface area contributed by atoms with Gasteiger partial charge in [-0.3, -0.25) is 4.79 Å². The van der Waals surface area contributed by atoms with Gasteiger partial charge < -0.3 is 9.73 Å². The molecule has 0 radical (unpaired) electrons. The summed E-state index contributed by atoms with van der Waals surface area (Å²) in [6.07, 6.45) is 2.53. The van der Waals surface area contributed by atoms with Gasteiger partial charge >= 0.3 is 0 Å². The number of amides is 1. The van der Waals surface area contributed by atoms with Gasteiger partial charge in [0.2, 0.25) is 5.91 Å². The Kier molecular flexibility index (Phi) is 5.75. The number of aromatic nitrogens is 1. The zero-order valence-electron chi connectivity index (χ0n) is 16.4. The highest BCUT2D eigenvalue weighted by atomic mass is 16.4. The van der Waals surface area contributed by atoms with E-state index in [1.54, 1.807) is 6.20 Å². The van der Waals surface area contributed by atoms with Gasteiger partial charge in [0, 0.05) is 24.1 Å². The average Bonchev–Trinajstić information content (AvgIpc) is 3.12. The Morgan fingerprint density at radius 3 is 2.56 bits per heavy atom. The molecular weight excluding hydrogens is 336 g/mol. The first-order valence-corrected chi connectivity index (χ1v) is 9.34. The summed E-state index contributed by atoms with van der Waals surface area (Å²) in [7, 11) is 0. The second kappa shape index (κ2) is 8.21. The molecule has 0 aliphatic rings. The van der Waals surface area contributed by atoms with Crippen molar-refractivity contribution in [2.45, 2.75) is 46.5 Å². The van der Waals surface area contributed by atoms with Gasteiger partial charge in [0.15, 0.2) is 11.7 Å². The van der Waals surface area contributed by atoms with E-state index in [2.05, 4.69) is 36.3 Å². The second-order valence-electron chi connectivity index (χ2n) is 7.26. The van der Waals surface area contributed by atoms with Gasteiger partial charge in [-0.1, -0.05) is 50.2 Å². The van der Waals surface area contributed by atoms with E-state index < -0.39 is 0 Å². The maximum absolute atomic E-state index is 12.2. The highest BCUT2D eigenvalue weighted by molar-refractivity contribution is 5.91. The van der Waals surface area contributed by atoms with E-state index in [-0.39, 0.29) is 5.91 Å². The monoisotopic (exact) mass is 362 g/mol. The standard InChI is InChI=1S/C23H26N2O2/c1-15(2)18-7-9-19(10-8-18)21-14-24-23(27-21)12-11-22(26)25-20-13-16(3)5-6-17(20)4/h5-10,13-15H,11-12H2,1-4H3,(H,25,26). The van der Waals surface area contributed by atoms with Crippen molar-refractivity contribution in [1.29, 1.82) is 0 Å². The molecule has 1 N–H and O–H groups in total. The van der Waals surface area contributed by atoms with Gasteiger partial charge in [-0.05, 0) is 42.5 Å². The van der Waals surface area contributed by atoms with Crippen molar-refractivity contribution in [3.63, 3.8) is 0 Å². The number of aryl methyl sites for hydroxylation is 3. The zero-order chi connectivity index (χ0) is 19.4. The third kappa shape index (κ3) is 4.85. The smallest absolute Gasteiger partial charge is 0.224 e. The van der Waals surface area contributed by atoms with Crippen molar-refractivity contribution < 1.29 is 9.21 Å². The quantitative estimate of drug-likeness (QED) is 0.616. The summed E-state index contributed by atoms with van der Waals surface area (Å²) in [6.45, 7) is 8.34. The predicted octanol–water partition coefficient (Wildman–Crippen LogP) is 5.65. The highest BCUT2D eigenvalue weighted by Gasteiger charge is 2.10. The largest absolute Gasteiger partial charge is 0.441 e. The Morgan fingerprint density at radius 2 is 1.85 bits per heavy atom. The third-order valence-corrected chi connectivity index (χ3v) is 4.65. The minimum atomic E-state index is -0.0373. The average molecular weight is 362 g/mol. The maximum atomic E-state index is 12.2. The Labute approximate surface area is 160 Å². The first-order chi connectivity index (χ1) is 12.9. The molecule has 0 fully saturated rings. The fourth-order valence-electron chi connectivity index (χ4n) is 2.90. The summed E-state index contributed by atoms with van der Waals surface area (Å²) >= 11 is 0. The molecular formula is C23H26N2O2. The molecule has 3 rings (SSSR count). The van der Waals surface area contributed by atoms with Crippen LogP contribution in [0.5, 0.6) is 0 Å². The molecule has 0 spiro atoms. The number of hydrogen-bond acceptors (Lipinski definition) is 3. The minimum absolute atomic E-state index is 0.0373. The number of benzene rings is 2. The van der Waals surface area contributed by atoms with E-state index in [9.17, 15) is 4.79 Å². The first kappa shape index (κ1) is 18.9. The Hall–Kier alpha value is -2.88. The van der Waals surface area contributed by atoms with Gasteiger partial charge in [0.1, 0.15) is 0 Å². The summed E-state index contributed by atoms with van der Waals surface area (Å²) < 4.78 is 5.82. The second-order valence-corrected chi connectivity index (χ2v) is 7.26. The number of oxazole rings is 1. The molecule has 0 saturated carbocycles. The van der Waals surface area contributed by atoms with Crippen LogP contribution in [0.4, 0.5) is 5.69 Å². The number of rotatable bonds is 6. The van der Waals surface area contributed by atoms with Crippen LogP contribution in [0.15, 0.2) is 53.1 Å². The van der Waals surface area contributed by atoms with Crippen molar-refractivity contribution in [1.82, 2.24) is 4.98 Å². The molecule has 0 unspecified atom stereocenters. The van der Waals surface area contributed by atoms with Crippen molar-refractivity contribution in [3.05, 3.63) is 71.2 Å². The van der Waals surface area contributed by atoms with Crippen LogP contribution in [0.3, 0.4) is 0 Å². The molecule has 0 atom stereocenters. The summed E-state index contributed by atoms with van der Waals surface area (Å²) in [4.78, 5) is 16.6. The van der Waals surface area contributed by atoms with Gasteiger partial charge in [0.05, 0.1) is 6.20 Å². The lowest BCUT2D eigenvalue weighted by atomic mass is 10.0. The maximum Gasteiger partial charge on any atom is 0.224 e. The van der Waals surface area contributed by atoms with Crippen LogP contribution in [0, 0.1) is 13.8 Å². The topological polar surface area (TPSA) is 55.1 Å². The van der Waals surface area contributed by atoms with E-state index in [1.165, 1.54) is 5.56 Å². The minimum Gasteiger partial charge on any atom is -0.441 e. The summed E-state index contributed by atoms with van der Waals surface area (Å²) in [5.74, 6) is 1.77. The fourth-order valence-corrected chi connectivity index (χ4v) is 2.90. The van der Waals surface area contributed by atoms with Crippen LogP contribution < -0.4 is 5.32 Å². The molecule has 1 heterocycles. The van der Waals surface area contributed by atoms with Gasteiger partial charge in [-0.15, -0.1) is 0 Å². The molecule has 2 aromatic carbocycles. The first-order valence-electron chi connectivity index (χ1n) is 9.34. The van der Waals surface area contributed by atoms with Crippen LogP contribution in [-0.4, -0.2) is 10.9 Å². The molecule has 0 saturated heterocycles.